The summed E-state index contributed by atoms with van der Waals surface area (Å²) in [6.07, 6.45) is 5.13. The maximum absolute atomic E-state index is 5.45. The van der Waals surface area contributed by atoms with Crippen LogP contribution in [0.2, 0.25) is 0 Å². The first kappa shape index (κ1) is 17.8. The van der Waals surface area contributed by atoms with Gasteiger partial charge in [0.1, 0.15) is 0 Å². The molecule has 0 saturated carbocycles. The summed E-state index contributed by atoms with van der Waals surface area (Å²) in [4.78, 5) is 9.70. The van der Waals surface area contributed by atoms with E-state index in [1.54, 1.807) is 0 Å². The van der Waals surface area contributed by atoms with Gasteiger partial charge in [-0.1, -0.05) is 32.3 Å². The highest BCUT2D eigenvalue weighted by molar-refractivity contribution is 4.98. The van der Waals surface area contributed by atoms with E-state index in [9.17, 15) is 0 Å². The summed E-state index contributed by atoms with van der Waals surface area (Å²) in [6.45, 7) is 13.4. The van der Waals surface area contributed by atoms with E-state index in [1.807, 2.05) is 0 Å². The zero-order valence-electron chi connectivity index (χ0n) is 15.5. The molecule has 6 nitrogen and oxygen atoms in total. The summed E-state index contributed by atoms with van der Waals surface area (Å²) in [5.74, 6) is 1.57. The van der Waals surface area contributed by atoms with Crippen LogP contribution in [0.1, 0.15) is 58.2 Å². The Morgan fingerprint density at radius 3 is 2.62 bits per heavy atom. The number of morpholine rings is 1. The van der Waals surface area contributed by atoms with Gasteiger partial charge in [0.2, 0.25) is 5.89 Å². The van der Waals surface area contributed by atoms with E-state index in [-0.39, 0.29) is 5.41 Å². The zero-order valence-corrected chi connectivity index (χ0v) is 15.5. The Hall–Kier alpha value is -0.980. The molecule has 0 radical (unpaired) electrons. The van der Waals surface area contributed by atoms with Crippen molar-refractivity contribution >= 4 is 0 Å². The summed E-state index contributed by atoms with van der Waals surface area (Å²) in [6, 6.07) is 0.637. The van der Waals surface area contributed by atoms with Crippen molar-refractivity contribution in [3.05, 3.63) is 11.7 Å². The van der Waals surface area contributed by atoms with Gasteiger partial charge in [0.05, 0.1) is 19.8 Å². The third-order valence-electron chi connectivity index (χ3n) is 5.09. The van der Waals surface area contributed by atoms with E-state index in [0.29, 0.717) is 6.04 Å². The number of hydrogen-bond acceptors (Lipinski definition) is 6. The van der Waals surface area contributed by atoms with Crippen LogP contribution in [-0.4, -0.2) is 65.4 Å². The molecule has 0 amide bonds. The van der Waals surface area contributed by atoms with Gasteiger partial charge in [0.15, 0.2) is 5.82 Å². The van der Waals surface area contributed by atoms with Crippen molar-refractivity contribution in [2.75, 3.05) is 39.4 Å². The van der Waals surface area contributed by atoms with Crippen LogP contribution in [0, 0.1) is 0 Å². The maximum atomic E-state index is 5.45. The maximum Gasteiger partial charge on any atom is 0.232 e. The molecule has 3 heterocycles. The van der Waals surface area contributed by atoms with E-state index < -0.39 is 0 Å². The molecule has 0 aliphatic carbocycles. The van der Waals surface area contributed by atoms with Crippen molar-refractivity contribution in [2.45, 2.75) is 64.5 Å². The molecule has 2 saturated heterocycles. The number of aromatic nitrogens is 2. The number of hydrogen-bond donors (Lipinski definition) is 0. The van der Waals surface area contributed by atoms with Gasteiger partial charge in [-0.15, -0.1) is 0 Å². The predicted molar refractivity (Wildman–Crippen MR) is 92.9 cm³/mol. The Morgan fingerprint density at radius 1 is 1.12 bits per heavy atom. The highest BCUT2D eigenvalue weighted by atomic mass is 16.5. The second kappa shape index (κ2) is 7.93. The highest BCUT2D eigenvalue weighted by Gasteiger charge is 2.27. The van der Waals surface area contributed by atoms with Crippen LogP contribution in [-0.2, 0) is 16.7 Å². The fraction of sp³-hybridized carbons (Fsp3) is 0.889. The van der Waals surface area contributed by atoms with E-state index in [2.05, 4.69) is 40.7 Å². The van der Waals surface area contributed by atoms with Crippen molar-refractivity contribution in [2.24, 2.45) is 0 Å². The molecule has 136 valence electrons. The smallest absolute Gasteiger partial charge is 0.232 e. The first-order valence-electron chi connectivity index (χ1n) is 9.39. The number of ether oxygens (including phenoxy) is 1. The molecule has 3 rings (SSSR count). The molecule has 2 fully saturated rings. The lowest BCUT2D eigenvalue weighted by Gasteiger charge is -2.36. The molecule has 6 heteroatoms. The molecule has 0 unspecified atom stereocenters. The largest absolute Gasteiger partial charge is 0.379 e. The van der Waals surface area contributed by atoms with Crippen molar-refractivity contribution in [1.82, 2.24) is 19.9 Å². The minimum absolute atomic E-state index is 0.0805. The molecule has 2 aliphatic heterocycles. The summed E-state index contributed by atoms with van der Waals surface area (Å²) in [5, 5.41) is 4.21. The van der Waals surface area contributed by atoms with Gasteiger partial charge in [-0.25, -0.2) is 0 Å². The molecule has 24 heavy (non-hydrogen) atoms. The minimum Gasteiger partial charge on any atom is -0.379 e. The summed E-state index contributed by atoms with van der Waals surface area (Å²) in [5.41, 5.74) is -0.0805. The van der Waals surface area contributed by atoms with Crippen molar-refractivity contribution in [1.29, 1.82) is 0 Å². The first-order chi connectivity index (χ1) is 11.5. The van der Waals surface area contributed by atoms with Gasteiger partial charge in [-0.3, -0.25) is 9.80 Å². The van der Waals surface area contributed by atoms with Gasteiger partial charge in [-0.2, -0.15) is 4.98 Å². The summed E-state index contributed by atoms with van der Waals surface area (Å²) >= 11 is 0. The van der Waals surface area contributed by atoms with Gasteiger partial charge in [0, 0.05) is 24.5 Å². The highest BCUT2D eigenvalue weighted by Crippen LogP contribution is 2.24. The normalized spacial score (nSPS) is 24.4. The quantitative estimate of drug-likeness (QED) is 0.823. The standard InChI is InChI=1S/C18H32N4O2/c1-18(2,3)17-19-16(20-24-17)14-22-8-5-4-6-15(22)7-9-21-10-12-23-13-11-21/h15H,4-14H2,1-3H3/t15-/m0/s1. The Morgan fingerprint density at radius 2 is 1.92 bits per heavy atom. The van der Waals surface area contributed by atoms with E-state index in [0.717, 1.165) is 51.1 Å². The lowest BCUT2D eigenvalue weighted by molar-refractivity contribution is 0.0300. The van der Waals surface area contributed by atoms with Crippen LogP contribution in [0.4, 0.5) is 0 Å². The molecule has 0 N–H and O–H groups in total. The lowest BCUT2D eigenvalue weighted by atomic mass is 9.97. The van der Waals surface area contributed by atoms with Crippen LogP contribution in [0.5, 0.6) is 0 Å². The molecule has 0 bridgehead atoms. The van der Waals surface area contributed by atoms with Gasteiger partial charge >= 0.3 is 0 Å². The number of rotatable bonds is 5. The second-order valence-electron chi connectivity index (χ2n) is 8.13. The van der Waals surface area contributed by atoms with Crippen LogP contribution >= 0.6 is 0 Å². The minimum atomic E-state index is -0.0805. The fourth-order valence-electron chi connectivity index (χ4n) is 3.56. The van der Waals surface area contributed by atoms with Crippen molar-refractivity contribution in [3.63, 3.8) is 0 Å². The SMILES string of the molecule is CC(C)(C)c1nc(CN2CCCC[C@H]2CCN2CCOCC2)no1. The monoisotopic (exact) mass is 336 g/mol. The van der Waals surface area contributed by atoms with Crippen molar-refractivity contribution < 1.29 is 9.26 Å². The molecular formula is C18H32N4O2. The topological polar surface area (TPSA) is 54.6 Å². The van der Waals surface area contributed by atoms with E-state index in [1.165, 1.54) is 32.2 Å². The number of piperidine rings is 1. The zero-order chi connectivity index (χ0) is 17.0. The average Bonchev–Trinajstić information content (AvgIpc) is 3.04. The van der Waals surface area contributed by atoms with Gasteiger partial charge < -0.3 is 9.26 Å². The Bertz CT molecular complexity index is 505. The van der Waals surface area contributed by atoms with Gasteiger partial charge in [-0.05, 0) is 32.4 Å². The van der Waals surface area contributed by atoms with E-state index >= 15 is 0 Å². The van der Waals surface area contributed by atoms with Crippen molar-refractivity contribution in [3.8, 4) is 0 Å². The fourth-order valence-corrected chi connectivity index (χ4v) is 3.56. The Kier molecular flexibility index (Phi) is 5.89. The molecule has 2 aliphatic rings. The molecule has 1 atom stereocenters. The first-order valence-corrected chi connectivity index (χ1v) is 9.39. The van der Waals surface area contributed by atoms with Crippen LogP contribution in [0.3, 0.4) is 0 Å². The Balaban J connectivity index is 1.54. The predicted octanol–water partition coefficient (Wildman–Crippen LogP) is 2.44. The molecule has 1 aromatic heterocycles. The summed E-state index contributed by atoms with van der Waals surface area (Å²) in [7, 11) is 0. The van der Waals surface area contributed by atoms with Gasteiger partial charge in [0.25, 0.3) is 0 Å². The van der Waals surface area contributed by atoms with Crippen LogP contribution in [0.15, 0.2) is 4.52 Å². The average molecular weight is 336 g/mol. The third kappa shape index (κ3) is 4.77. The number of likely N-dealkylation sites (tertiary alicyclic amines) is 1. The Labute approximate surface area is 145 Å². The summed E-state index contributed by atoms with van der Waals surface area (Å²) < 4.78 is 10.9. The van der Waals surface area contributed by atoms with Crippen LogP contribution < -0.4 is 0 Å². The third-order valence-corrected chi connectivity index (χ3v) is 5.09. The molecule has 0 aromatic carbocycles. The van der Waals surface area contributed by atoms with Crippen LogP contribution in [0.25, 0.3) is 0 Å². The molecule has 1 aromatic rings. The lowest BCUT2D eigenvalue weighted by Crippen LogP contribution is -2.43. The molecular weight excluding hydrogens is 304 g/mol. The number of nitrogens with zero attached hydrogens (tertiary/aromatic N) is 4. The second-order valence-corrected chi connectivity index (χ2v) is 8.13. The van der Waals surface area contributed by atoms with E-state index in [4.69, 9.17) is 9.26 Å². The molecule has 0 spiro atoms.